The molecular formula is C26H30F2N2O5S. The summed E-state index contributed by atoms with van der Waals surface area (Å²) in [7, 11) is -4.23. The fourth-order valence-corrected chi connectivity index (χ4v) is 7.66. The van der Waals surface area contributed by atoms with Crippen LogP contribution in [0.25, 0.3) is 0 Å². The molecule has 0 aromatic heterocycles. The molecule has 0 radical (unpaired) electrons. The largest absolute Gasteiger partial charge is 0.441 e. The molecule has 0 unspecified atom stereocenters. The Kier molecular flexibility index (Phi) is 6.78. The van der Waals surface area contributed by atoms with Crippen molar-refractivity contribution in [2.45, 2.75) is 73.6 Å². The van der Waals surface area contributed by atoms with E-state index in [1.165, 1.54) is 45.6 Å². The van der Waals surface area contributed by atoms with Crippen molar-refractivity contribution in [3.05, 3.63) is 65.7 Å². The van der Waals surface area contributed by atoms with Gasteiger partial charge in [-0.2, -0.15) is 4.31 Å². The third kappa shape index (κ3) is 4.62. The number of halogens is 2. The van der Waals surface area contributed by atoms with Crippen molar-refractivity contribution in [2.24, 2.45) is 0 Å². The molecule has 3 fully saturated rings. The SMILES string of the molecule is O=C(OC1([C@H]2CCC[C@@H](c3cccc(F)c3)N2S(=O)(=O)c2cccc(F)c2)CC1)N1CCC[C@H]1CO. The molecule has 0 bridgehead atoms. The molecule has 0 spiro atoms. The number of aliphatic hydroxyl groups excluding tert-OH is 1. The molecule has 1 N–H and O–H groups in total. The van der Waals surface area contributed by atoms with E-state index in [-0.39, 0.29) is 17.5 Å². The molecule has 2 heterocycles. The first-order chi connectivity index (χ1) is 17.2. The van der Waals surface area contributed by atoms with Crippen LogP contribution >= 0.6 is 0 Å². The summed E-state index contributed by atoms with van der Waals surface area (Å²) in [5.74, 6) is -1.15. The number of benzene rings is 2. The third-order valence-electron chi connectivity index (χ3n) is 7.64. The zero-order valence-corrected chi connectivity index (χ0v) is 20.7. The van der Waals surface area contributed by atoms with Crippen LogP contribution in [0.2, 0.25) is 0 Å². The molecule has 3 atom stereocenters. The summed E-state index contributed by atoms with van der Waals surface area (Å²) in [6.07, 6.45) is 3.44. The van der Waals surface area contributed by atoms with Crippen molar-refractivity contribution < 1.29 is 31.8 Å². The van der Waals surface area contributed by atoms with Gasteiger partial charge in [0.05, 0.1) is 29.6 Å². The summed E-state index contributed by atoms with van der Waals surface area (Å²) < 4.78 is 63.6. The number of rotatable bonds is 6. The van der Waals surface area contributed by atoms with E-state index in [2.05, 4.69) is 0 Å². The number of nitrogens with zero attached hydrogens (tertiary/aromatic N) is 2. The predicted molar refractivity (Wildman–Crippen MR) is 127 cm³/mol. The standard InChI is InChI=1S/C26H30F2N2O5S/c27-19-6-1-5-18(15-19)23-10-3-11-24(30(23)36(33,34)22-9-2-7-20(28)16-22)26(12-13-26)35-25(32)29-14-4-8-21(29)17-31/h1-2,5-7,9,15-16,21,23-24,31H,3-4,8,10-14,17H2/t21-,23-,24+/m0/s1. The molecule has 1 amide bonds. The van der Waals surface area contributed by atoms with Gasteiger partial charge in [-0.25, -0.2) is 22.0 Å². The molecule has 2 aromatic carbocycles. The summed E-state index contributed by atoms with van der Waals surface area (Å²) in [6, 6.07) is 8.99. The minimum atomic E-state index is -4.23. The Morgan fingerprint density at radius 3 is 2.42 bits per heavy atom. The molecule has 7 nitrogen and oxygen atoms in total. The Hall–Kier alpha value is -2.56. The van der Waals surface area contributed by atoms with Gasteiger partial charge < -0.3 is 14.7 Å². The van der Waals surface area contributed by atoms with Crippen LogP contribution in [0.15, 0.2) is 53.4 Å². The van der Waals surface area contributed by atoms with E-state index in [9.17, 15) is 27.1 Å². The monoisotopic (exact) mass is 520 g/mol. The van der Waals surface area contributed by atoms with Gasteiger partial charge >= 0.3 is 6.09 Å². The maximum absolute atomic E-state index is 14.2. The number of amides is 1. The second-order valence-electron chi connectivity index (χ2n) is 9.91. The number of hydrogen-bond acceptors (Lipinski definition) is 5. The summed E-state index contributed by atoms with van der Waals surface area (Å²) in [5, 5.41) is 9.63. The normalized spacial score (nSPS) is 26.1. The van der Waals surface area contributed by atoms with E-state index in [1.807, 2.05) is 0 Å². The number of carbonyl (C=O) groups is 1. The van der Waals surface area contributed by atoms with Crippen LogP contribution in [0.5, 0.6) is 0 Å². The maximum Gasteiger partial charge on any atom is 0.410 e. The minimum absolute atomic E-state index is 0.159. The van der Waals surface area contributed by atoms with Crippen LogP contribution in [0.1, 0.15) is 56.6 Å². The molecule has 3 aliphatic rings. The Bertz CT molecular complexity index is 1240. The van der Waals surface area contributed by atoms with Crippen LogP contribution in [0.4, 0.5) is 13.6 Å². The van der Waals surface area contributed by atoms with E-state index < -0.39 is 45.4 Å². The molecule has 10 heteroatoms. The van der Waals surface area contributed by atoms with Crippen molar-refractivity contribution in [3.8, 4) is 0 Å². The second-order valence-corrected chi connectivity index (χ2v) is 11.8. The van der Waals surface area contributed by atoms with Gasteiger partial charge in [0.1, 0.15) is 17.2 Å². The molecule has 2 saturated heterocycles. The number of piperidine rings is 1. The lowest BCUT2D eigenvalue weighted by Gasteiger charge is -2.44. The van der Waals surface area contributed by atoms with Crippen molar-refractivity contribution in [1.29, 1.82) is 0 Å². The van der Waals surface area contributed by atoms with Gasteiger partial charge in [-0.3, -0.25) is 0 Å². The van der Waals surface area contributed by atoms with E-state index in [4.69, 9.17) is 4.74 Å². The highest BCUT2D eigenvalue weighted by atomic mass is 32.2. The number of hydrogen-bond donors (Lipinski definition) is 1. The van der Waals surface area contributed by atoms with Crippen LogP contribution in [0, 0.1) is 11.6 Å². The van der Waals surface area contributed by atoms with Crippen molar-refractivity contribution in [3.63, 3.8) is 0 Å². The van der Waals surface area contributed by atoms with Gasteiger partial charge in [0.25, 0.3) is 0 Å². The lowest BCUT2D eigenvalue weighted by molar-refractivity contribution is -0.0125. The van der Waals surface area contributed by atoms with Gasteiger partial charge in [0.15, 0.2) is 0 Å². The van der Waals surface area contributed by atoms with Crippen LogP contribution in [-0.2, 0) is 14.8 Å². The smallest absolute Gasteiger partial charge is 0.410 e. The summed E-state index contributed by atoms with van der Waals surface area (Å²) in [5.41, 5.74) is -0.520. The molecular weight excluding hydrogens is 490 g/mol. The molecule has 1 saturated carbocycles. The number of sulfonamides is 1. The van der Waals surface area contributed by atoms with E-state index >= 15 is 0 Å². The van der Waals surface area contributed by atoms with Crippen LogP contribution in [-0.4, -0.2) is 59.7 Å². The molecule has 2 aromatic rings. The fraction of sp³-hybridized carbons (Fsp3) is 0.500. The van der Waals surface area contributed by atoms with E-state index in [0.717, 1.165) is 12.5 Å². The maximum atomic E-state index is 14.2. The first-order valence-corrected chi connectivity index (χ1v) is 13.8. The quantitative estimate of drug-likeness (QED) is 0.611. The molecule has 36 heavy (non-hydrogen) atoms. The zero-order valence-electron chi connectivity index (χ0n) is 19.9. The highest BCUT2D eigenvalue weighted by Crippen LogP contribution is 2.52. The molecule has 194 valence electrons. The third-order valence-corrected chi connectivity index (χ3v) is 9.55. The number of ether oxygens (including phenoxy) is 1. The second kappa shape index (κ2) is 9.72. The van der Waals surface area contributed by atoms with Crippen molar-refractivity contribution >= 4 is 16.1 Å². The Morgan fingerprint density at radius 1 is 1.03 bits per heavy atom. The lowest BCUT2D eigenvalue weighted by atomic mass is 9.90. The van der Waals surface area contributed by atoms with E-state index in [1.54, 1.807) is 6.07 Å². The average Bonchev–Trinajstić information content (AvgIpc) is 3.48. The topological polar surface area (TPSA) is 87.2 Å². The average molecular weight is 521 g/mol. The predicted octanol–water partition coefficient (Wildman–Crippen LogP) is 4.38. The minimum Gasteiger partial charge on any atom is -0.441 e. The van der Waals surface area contributed by atoms with Crippen molar-refractivity contribution in [1.82, 2.24) is 9.21 Å². The number of likely N-dealkylation sites (tertiary alicyclic amines) is 1. The van der Waals surface area contributed by atoms with E-state index in [0.29, 0.717) is 50.6 Å². The molecule has 1 aliphatic carbocycles. The van der Waals surface area contributed by atoms with Crippen molar-refractivity contribution in [2.75, 3.05) is 13.2 Å². The molecule has 2 aliphatic heterocycles. The Balaban J connectivity index is 1.53. The van der Waals surface area contributed by atoms with Gasteiger partial charge in [-0.15, -0.1) is 0 Å². The highest BCUT2D eigenvalue weighted by Gasteiger charge is 2.60. The number of carbonyl (C=O) groups excluding carboxylic acids is 1. The van der Waals surface area contributed by atoms with Gasteiger partial charge in [-0.1, -0.05) is 18.2 Å². The summed E-state index contributed by atoms with van der Waals surface area (Å²) >= 11 is 0. The lowest BCUT2D eigenvalue weighted by Crippen LogP contribution is -2.54. The van der Waals surface area contributed by atoms with Crippen LogP contribution < -0.4 is 0 Å². The number of aliphatic hydroxyl groups is 1. The summed E-state index contributed by atoms with van der Waals surface area (Å²) in [6.45, 7) is 0.315. The van der Waals surface area contributed by atoms with Crippen LogP contribution in [0.3, 0.4) is 0 Å². The van der Waals surface area contributed by atoms with Gasteiger partial charge in [0.2, 0.25) is 10.0 Å². The summed E-state index contributed by atoms with van der Waals surface area (Å²) in [4.78, 5) is 14.4. The zero-order chi connectivity index (χ0) is 25.5. The first-order valence-electron chi connectivity index (χ1n) is 12.4. The highest BCUT2D eigenvalue weighted by molar-refractivity contribution is 7.89. The Morgan fingerprint density at radius 2 is 1.75 bits per heavy atom. The molecule has 5 rings (SSSR count). The first kappa shape index (κ1) is 25.1. The Labute approximate surface area is 209 Å². The fourth-order valence-electron chi connectivity index (χ4n) is 5.71. The van der Waals surface area contributed by atoms with Gasteiger partial charge in [-0.05, 0) is 80.8 Å². The van der Waals surface area contributed by atoms with Gasteiger partial charge in [0, 0.05) is 6.54 Å².